The zero-order valence-electron chi connectivity index (χ0n) is 12.6. The zero-order chi connectivity index (χ0) is 16.9. The van der Waals surface area contributed by atoms with Gasteiger partial charge >= 0.3 is 5.97 Å². The largest absolute Gasteiger partial charge is 0.463 e. The van der Waals surface area contributed by atoms with Gasteiger partial charge in [0.25, 0.3) is 10.0 Å². The topological polar surface area (TPSA) is 87.5 Å². The normalized spacial score (nSPS) is 16.6. The van der Waals surface area contributed by atoms with Crippen LogP contribution in [0.2, 0.25) is 0 Å². The van der Waals surface area contributed by atoms with Gasteiger partial charge in [0, 0.05) is 12.6 Å². The molecule has 7 heteroatoms. The molecule has 1 heterocycles. The van der Waals surface area contributed by atoms with Crippen LogP contribution in [0.5, 0.6) is 0 Å². The van der Waals surface area contributed by atoms with Crippen molar-refractivity contribution in [3.63, 3.8) is 0 Å². The monoisotopic (exact) mass is 332 g/mol. The maximum atomic E-state index is 12.6. The number of carbonyl (C=O) groups excluding carboxylic acids is 1. The number of hydrogen-bond acceptors (Lipinski definition) is 5. The quantitative estimate of drug-likeness (QED) is 0.621. The fourth-order valence-corrected chi connectivity index (χ4v) is 3.62. The Kier molecular flexibility index (Phi) is 5.19. The standard InChI is InChI=1S/C16H16N2O4S/c1-2-22-16(19)11-13-8-9-18(14(10-13)12-17)23(20,21)15-6-4-3-5-7-15/h3-7,10-11H,2,8-9H2,1H3/b13-11+. The summed E-state index contributed by atoms with van der Waals surface area (Å²) in [6.45, 7) is 2.05. The van der Waals surface area contributed by atoms with Crippen molar-refractivity contribution in [3.05, 3.63) is 53.8 Å². The molecule has 120 valence electrons. The van der Waals surface area contributed by atoms with Gasteiger partial charge in [-0.25, -0.2) is 13.2 Å². The van der Waals surface area contributed by atoms with Crippen LogP contribution in [0.4, 0.5) is 0 Å². The first-order valence-corrected chi connectivity index (χ1v) is 8.50. The molecule has 0 fully saturated rings. The molecular weight excluding hydrogens is 316 g/mol. The summed E-state index contributed by atoms with van der Waals surface area (Å²) in [6, 6.07) is 9.81. The zero-order valence-corrected chi connectivity index (χ0v) is 13.4. The maximum Gasteiger partial charge on any atom is 0.331 e. The van der Waals surface area contributed by atoms with Gasteiger partial charge in [-0.05, 0) is 37.1 Å². The summed E-state index contributed by atoms with van der Waals surface area (Å²) in [6.07, 6.45) is 3.02. The Hall–Kier alpha value is -2.59. The van der Waals surface area contributed by atoms with E-state index in [2.05, 4.69) is 0 Å². The lowest BCUT2D eigenvalue weighted by atomic mass is 10.1. The molecule has 0 radical (unpaired) electrons. The van der Waals surface area contributed by atoms with E-state index in [1.54, 1.807) is 25.1 Å². The van der Waals surface area contributed by atoms with Crippen molar-refractivity contribution in [1.29, 1.82) is 5.26 Å². The van der Waals surface area contributed by atoms with E-state index in [4.69, 9.17) is 4.74 Å². The van der Waals surface area contributed by atoms with Crippen LogP contribution in [-0.2, 0) is 19.6 Å². The van der Waals surface area contributed by atoms with Crippen LogP contribution < -0.4 is 0 Å². The highest BCUT2D eigenvalue weighted by molar-refractivity contribution is 7.89. The molecule has 0 bridgehead atoms. The first-order chi connectivity index (χ1) is 11.0. The Morgan fingerprint density at radius 1 is 1.39 bits per heavy atom. The number of ether oxygens (including phenoxy) is 1. The fraction of sp³-hybridized carbons (Fsp3) is 0.250. The number of rotatable bonds is 4. The second-order valence-electron chi connectivity index (χ2n) is 4.75. The van der Waals surface area contributed by atoms with Crippen LogP contribution in [-0.4, -0.2) is 31.8 Å². The highest BCUT2D eigenvalue weighted by atomic mass is 32.2. The van der Waals surface area contributed by atoms with Gasteiger partial charge in [-0.2, -0.15) is 5.26 Å². The van der Waals surface area contributed by atoms with Crippen LogP contribution in [0.1, 0.15) is 13.3 Å². The second-order valence-corrected chi connectivity index (χ2v) is 6.62. The van der Waals surface area contributed by atoms with E-state index in [1.807, 2.05) is 6.07 Å². The Labute approximate surface area is 135 Å². The van der Waals surface area contributed by atoms with E-state index in [-0.39, 0.29) is 23.7 Å². The molecule has 0 amide bonds. The van der Waals surface area contributed by atoms with Gasteiger partial charge in [-0.3, -0.25) is 4.31 Å². The predicted octanol–water partition coefficient (Wildman–Crippen LogP) is 1.98. The molecule has 0 N–H and O–H groups in total. The van der Waals surface area contributed by atoms with Crippen LogP contribution in [0.3, 0.4) is 0 Å². The van der Waals surface area contributed by atoms with Gasteiger partial charge in [0.15, 0.2) is 0 Å². The van der Waals surface area contributed by atoms with Crippen molar-refractivity contribution in [2.45, 2.75) is 18.2 Å². The van der Waals surface area contributed by atoms with Gasteiger partial charge in [-0.15, -0.1) is 0 Å². The SMILES string of the molecule is CCOC(=O)/C=C1/C=C(C#N)N(S(=O)(=O)c2ccccc2)CC1. The Morgan fingerprint density at radius 3 is 2.70 bits per heavy atom. The molecule has 0 unspecified atom stereocenters. The number of carbonyl (C=O) groups is 1. The molecule has 0 saturated carbocycles. The summed E-state index contributed by atoms with van der Waals surface area (Å²) in [5.41, 5.74) is 0.551. The minimum Gasteiger partial charge on any atom is -0.463 e. The number of esters is 1. The van der Waals surface area contributed by atoms with Crippen molar-refractivity contribution in [3.8, 4) is 6.07 Å². The number of benzene rings is 1. The molecule has 1 aliphatic rings. The third-order valence-corrected chi connectivity index (χ3v) is 5.06. The molecular formula is C16H16N2O4S. The fourth-order valence-electron chi connectivity index (χ4n) is 2.18. The number of sulfonamides is 1. The maximum absolute atomic E-state index is 12.6. The number of nitrogens with zero attached hydrogens (tertiary/aromatic N) is 2. The average Bonchev–Trinajstić information content (AvgIpc) is 2.55. The second kappa shape index (κ2) is 7.11. The van der Waals surface area contributed by atoms with E-state index in [0.29, 0.717) is 12.0 Å². The summed E-state index contributed by atoms with van der Waals surface area (Å²) in [7, 11) is -3.79. The van der Waals surface area contributed by atoms with Gasteiger partial charge < -0.3 is 4.74 Å². The average molecular weight is 332 g/mol. The first-order valence-electron chi connectivity index (χ1n) is 7.06. The van der Waals surface area contributed by atoms with Gasteiger partial charge in [0.2, 0.25) is 0 Å². The first kappa shape index (κ1) is 16.8. The Bertz CT molecular complexity index is 789. The summed E-state index contributed by atoms with van der Waals surface area (Å²) in [5, 5.41) is 9.26. The van der Waals surface area contributed by atoms with E-state index < -0.39 is 16.0 Å². The van der Waals surface area contributed by atoms with E-state index in [1.165, 1.54) is 24.3 Å². The Morgan fingerprint density at radius 2 is 2.09 bits per heavy atom. The lowest BCUT2D eigenvalue weighted by Crippen LogP contribution is -2.33. The summed E-state index contributed by atoms with van der Waals surface area (Å²) >= 11 is 0. The molecule has 1 aromatic rings. The highest BCUT2D eigenvalue weighted by Crippen LogP contribution is 2.26. The third-order valence-electron chi connectivity index (χ3n) is 3.23. The van der Waals surface area contributed by atoms with Gasteiger partial charge in [0.1, 0.15) is 11.8 Å². The molecule has 0 aromatic heterocycles. The molecule has 6 nitrogen and oxygen atoms in total. The van der Waals surface area contributed by atoms with Crippen LogP contribution in [0.25, 0.3) is 0 Å². The van der Waals surface area contributed by atoms with Crippen molar-refractivity contribution in [2.75, 3.05) is 13.2 Å². The molecule has 1 aromatic carbocycles. The molecule has 0 aliphatic carbocycles. The van der Waals surface area contributed by atoms with E-state index in [9.17, 15) is 18.5 Å². The van der Waals surface area contributed by atoms with Crippen LogP contribution in [0, 0.1) is 11.3 Å². The number of allylic oxidation sites excluding steroid dienone is 2. The number of hydrogen-bond donors (Lipinski definition) is 0. The molecule has 1 aliphatic heterocycles. The summed E-state index contributed by atoms with van der Waals surface area (Å²) in [4.78, 5) is 11.6. The van der Waals surface area contributed by atoms with Crippen molar-refractivity contribution >= 4 is 16.0 Å². The van der Waals surface area contributed by atoms with Crippen LogP contribution >= 0.6 is 0 Å². The van der Waals surface area contributed by atoms with Crippen LogP contribution in [0.15, 0.2) is 58.6 Å². The summed E-state index contributed by atoms with van der Waals surface area (Å²) < 4.78 is 31.1. The van der Waals surface area contributed by atoms with Gasteiger partial charge in [-0.1, -0.05) is 18.2 Å². The molecule has 0 spiro atoms. The van der Waals surface area contributed by atoms with Crippen molar-refractivity contribution in [1.82, 2.24) is 4.31 Å². The molecule has 2 rings (SSSR count). The minimum absolute atomic E-state index is 0.0179. The Balaban J connectivity index is 2.34. The highest BCUT2D eigenvalue weighted by Gasteiger charge is 2.29. The molecule has 0 saturated heterocycles. The third kappa shape index (κ3) is 3.79. The smallest absolute Gasteiger partial charge is 0.331 e. The molecule has 0 atom stereocenters. The van der Waals surface area contributed by atoms with Crippen molar-refractivity contribution in [2.24, 2.45) is 0 Å². The minimum atomic E-state index is -3.79. The lowest BCUT2D eigenvalue weighted by Gasteiger charge is -2.27. The summed E-state index contributed by atoms with van der Waals surface area (Å²) in [5.74, 6) is -0.504. The lowest BCUT2D eigenvalue weighted by molar-refractivity contribution is -0.137. The van der Waals surface area contributed by atoms with Crippen molar-refractivity contribution < 1.29 is 17.9 Å². The van der Waals surface area contributed by atoms with E-state index >= 15 is 0 Å². The number of nitriles is 1. The molecule has 23 heavy (non-hydrogen) atoms. The van der Waals surface area contributed by atoms with E-state index in [0.717, 1.165) is 4.31 Å². The predicted molar refractivity (Wildman–Crippen MR) is 83.4 cm³/mol. The van der Waals surface area contributed by atoms with Gasteiger partial charge in [0.05, 0.1) is 11.5 Å².